The molecule has 0 aliphatic carbocycles. The third kappa shape index (κ3) is 4.86. The first-order chi connectivity index (χ1) is 8.63. The van der Waals surface area contributed by atoms with Crippen molar-refractivity contribution in [1.82, 2.24) is 5.32 Å². The van der Waals surface area contributed by atoms with Gasteiger partial charge in [0, 0.05) is 18.5 Å². The number of para-hydroxylation sites is 1. The number of hydrogen-bond acceptors (Lipinski definition) is 3. The minimum atomic E-state index is -0.972. The molecule has 5 nitrogen and oxygen atoms in total. The van der Waals surface area contributed by atoms with Gasteiger partial charge in [0.1, 0.15) is 5.75 Å². The summed E-state index contributed by atoms with van der Waals surface area (Å²) in [4.78, 5) is 21.7. The molecular formula is C13H17NO4. The fraction of sp³-hybridized carbons (Fsp3) is 0.385. The van der Waals surface area contributed by atoms with Crippen LogP contribution in [0.15, 0.2) is 24.3 Å². The van der Waals surface area contributed by atoms with E-state index in [-0.39, 0.29) is 18.7 Å². The van der Waals surface area contributed by atoms with Gasteiger partial charge in [-0.1, -0.05) is 18.2 Å². The van der Waals surface area contributed by atoms with Crippen molar-refractivity contribution in [3.63, 3.8) is 0 Å². The molecule has 0 radical (unpaired) electrons. The van der Waals surface area contributed by atoms with Crippen molar-refractivity contribution in [1.29, 1.82) is 0 Å². The summed E-state index contributed by atoms with van der Waals surface area (Å²) in [5.74, 6) is -0.512. The van der Waals surface area contributed by atoms with Crippen molar-refractivity contribution in [2.24, 2.45) is 0 Å². The van der Waals surface area contributed by atoms with Gasteiger partial charge >= 0.3 is 5.97 Å². The van der Waals surface area contributed by atoms with Crippen LogP contribution in [0.3, 0.4) is 0 Å². The molecule has 0 saturated carbocycles. The van der Waals surface area contributed by atoms with E-state index in [1.165, 1.54) is 0 Å². The van der Waals surface area contributed by atoms with Gasteiger partial charge < -0.3 is 15.2 Å². The number of carbonyl (C=O) groups excluding carboxylic acids is 1. The second kappa shape index (κ2) is 7.32. The molecule has 0 fully saturated rings. The van der Waals surface area contributed by atoms with Gasteiger partial charge in [-0.2, -0.15) is 0 Å². The van der Waals surface area contributed by atoms with Crippen LogP contribution in [0.5, 0.6) is 5.75 Å². The summed E-state index contributed by atoms with van der Waals surface area (Å²) in [6.45, 7) is 2.79. The van der Waals surface area contributed by atoms with Crippen LogP contribution in [0, 0.1) is 0 Å². The summed E-state index contributed by atoms with van der Waals surface area (Å²) in [6, 6.07) is 7.42. The highest BCUT2D eigenvalue weighted by atomic mass is 16.5. The molecule has 0 saturated heterocycles. The highest BCUT2D eigenvalue weighted by Crippen LogP contribution is 2.17. The standard InChI is InChI=1S/C13H17NO4/c1-2-18-11-6-4-3-5-10(11)9-14-12(15)7-8-13(16)17/h3-6H,2,7-9H2,1H3,(H,14,15)(H,16,17). The van der Waals surface area contributed by atoms with Crippen molar-refractivity contribution < 1.29 is 19.4 Å². The maximum atomic E-state index is 11.4. The SMILES string of the molecule is CCOc1ccccc1CNC(=O)CCC(=O)O. The summed E-state index contributed by atoms with van der Waals surface area (Å²) in [7, 11) is 0. The van der Waals surface area contributed by atoms with Crippen LogP contribution >= 0.6 is 0 Å². The minimum absolute atomic E-state index is 0.00780. The average molecular weight is 251 g/mol. The lowest BCUT2D eigenvalue weighted by atomic mass is 10.2. The van der Waals surface area contributed by atoms with E-state index in [9.17, 15) is 9.59 Å². The third-order valence-corrected chi connectivity index (χ3v) is 2.31. The van der Waals surface area contributed by atoms with Gasteiger partial charge in [-0.25, -0.2) is 0 Å². The summed E-state index contributed by atoms with van der Waals surface area (Å²) in [6.07, 6.45) is -0.162. The molecule has 5 heteroatoms. The van der Waals surface area contributed by atoms with Crippen LogP contribution in [-0.4, -0.2) is 23.6 Å². The lowest BCUT2D eigenvalue weighted by molar-refractivity contribution is -0.138. The fourth-order valence-corrected chi connectivity index (χ4v) is 1.45. The molecule has 0 spiro atoms. The van der Waals surface area contributed by atoms with E-state index in [1.54, 1.807) is 0 Å². The van der Waals surface area contributed by atoms with Gasteiger partial charge in [-0.3, -0.25) is 9.59 Å². The van der Waals surface area contributed by atoms with E-state index < -0.39 is 5.97 Å². The number of amides is 1. The molecule has 0 bridgehead atoms. The molecule has 1 amide bonds. The molecule has 1 aromatic carbocycles. The maximum Gasteiger partial charge on any atom is 0.303 e. The highest BCUT2D eigenvalue weighted by Gasteiger charge is 2.07. The van der Waals surface area contributed by atoms with Crippen molar-refractivity contribution in [2.75, 3.05) is 6.61 Å². The number of carboxylic acid groups (broad SMARTS) is 1. The smallest absolute Gasteiger partial charge is 0.303 e. The van der Waals surface area contributed by atoms with Crippen LogP contribution in [0.25, 0.3) is 0 Å². The van der Waals surface area contributed by atoms with Gasteiger partial charge in [0.25, 0.3) is 0 Å². The van der Waals surface area contributed by atoms with E-state index in [4.69, 9.17) is 9.84 Å². The predicted molar refractivity (Wildman–Crippen MR) is 66.3 cm³/mol. The largest absolute Gasteiger partial charge is 0.494 e. The minimum Gasteiger partial charge on any atom is -0.494 e. The Morgan fingerprint density at radius 3 is 2.67 bits per heavy atom. The average Bonchev–Trinajstić information content (AvgIpc) is 2.35. The molecule has 0 aliphatic heterocycles. The van der Waals surface area contributed by atoms with Crippen molar-refractivity contribution in [3.05, 3.63) is 29.8 Å². The van der Waals surface area contributed by atoms with Crippen LogP contribution in [0.2, 0.25) is 0 Å². The first-order valence-electron chi connectivity index (χ1n) is 5.82. The number of ether oxygens (including phenoxy) is 1. The number of rotatable bonds is 7. The molecule has 1 rings (SSSR count). The summed E-state index contributed by atoms with van der Waals surface area (Å²) >= 11 is 0. The summed E-state index contributed by atoms with van der Waals surface area (Å²) in [5.41, 5.74) is 0.878. The molecule has 0 heterocycles. The molecule has 0 atom stereocenters. The van der Waals surface area contributed by atoms with Crippen molar-refractivity contribution in [3.8, 4) is 5.75 Å². The van der Waals surface area contributed by atoms with Gasteiger partial charge in [0.15, 0.2) is 0 Å². The monoisotopic (exact) mass is 251 g/mol. The van der Waals surface area contributed by atoms with Crippen molar-refractivity contribution >= 4 is 11.9 Å². The Bertz CT molecular complexity index is 417. The zero-order valence-corrected chi connectivity index (χ0v) is 10.3. The molecule has 18 heavy (non-hydrogen) atoms. The Kier molecular flexibility index (Phi) is 5.70. The predicted octanol–water partition coefficient (Wildman–Crippen LogP) is 1.57. The number of hydrogen-bond donors (Lipinski definition) is 2. The van der Waals surface area contributed by atoms with Crippen LogP contribution in [-0.2, 0) is 16.1 Å². The molecule has 98 valence electrons. The van der Waals surface area contributed by atoms with Crippen LogP contribution in [0.4, 0.5) is 0 Å². The van der Waals surface area contributed by atoms with E-state index in [1.807, 2.05) is 31.2 Å². The summed E-state index contributed by atoms with van der Waals surface area (Å²) in [5, 5.41) is 11.1. The number of carbonyl (C=O) groups is 2. The first kappa shape index (κ1) is 14.0. The Balaban J connectivity index is 2.47. The van der Waals surface area contributed by atoms with E-state index in [0.717, 1.165) is 11.3 Å². The second-order valence-corrected chi connectivity index (χ2v) is 3.71. The maximum absolute atomic E-state index is 11.4. The normalized spacial score (nSPS) is 9.83. The Hall–Kier alpha value is -2.04. The zero-order chi connectivity index (χ0) is 13.4. The number of carboxylic acids is 1. The van der Waals surface area contributed by atoms with E-state index in [2.05, 4.69) is 5.32 Å². The van der Waals surface area contributed by atoms with Gasteiger partial charge in [-0.15, -0.1) is 0 Å². The topological polar surface area (TPSA) is 75.6 Å². The van der Waals surface area contributed by atoms with Gasteiger partial charge in [0.2, 0.25) is 5.91 Å². The molecular weight excluding hydrogens is 234 g/mol. The van der Waals surface area contributed by atoms with Gasteiger partial charge in [0.05, 0.1) is 13.0 Å². The molecule has 2 N–H and O–H groups in total. The number of nitrogens with one attached hydrogen (secondary N) is 1. The highest BCUT2D eigenvalue weighted by molar-refractivity contribution is 5.80. The first-order valence-corrected chi connectivity index (χ1v) is 5.82. The lowest BCUT2D eigenvalue weighted by Crippen LogP contribution is -2.23. The second-order valence-electron chi connectivity index (χ2n) is 3.71. The van der Waals surface area contributed by atoms with E-state index in [0.29, 0.717) is 13.2 Å². The molecule has 1 aromatic rings. The lowest BCUT2D eigenvalue weighted by Gasteiger charge is -2.10. The Labute approximate surface area is 106 Å². The van der Waals surface area contributed by atoms with E-state index >= 15 is 0 Å². The van der Waals surface area contributed by atoms with Crippen molar-refractivity contribution in [2.45, 2.75) is 26.3 Å². The molecule has 0 unspecified atom stereocenters. The molecule has 0 aliphatic rings. The third-order valence-electron chi connectivity index (χ3n) is 2.31. The van der Waals surface area contributed by atoms with Gasteiger partial charge in [-0.05, 0) is 13.0 Å². The van der Waals surface area contributed by atoms with Crippen LogP contribution < -0.4 is 10.1 Å². The Morgan fingerprint density at radius 2 is 2.00 bits per heavy atom. The number of aliphatic carboxylic acids is 1. The summed E-state index contributed by atoms with van der Waals surface area (Å²) < 4.78 is 5.42. The molecule has 0 aromatic heterocycles. The zero-order valence-electron chi connectivity index (χ0n) is 10.3. The number of benzene rings is 1. The quantitative estimate of drug-likeness (QED) is 0.771. The Morgan fingerprint density at radius 1 is 1.28 bits per heavy atom. The van der Waals surface area contributed by atoms with Crippen LogP contribution in [0.1, 0.15) is 25.3 Å². The fourth-order valence-electron chi connectivity index (χ4n) is 1.45.